The molecule has 0 bridgehead atoms. The molecule has 1 aliphatic heterocycles. The molecule has 1 unspecified atom stereocenters. The Labute approximate surface area is 85.3 Å². The van der Waals surface area contributed by atoms with Crippen LogP contribution >= 0.6 is 24.0 Å². The first-order valence-corrected chi connectivity index (χ1v) is 5.08. The zero-order chi connectivity index (χ0) is 10.0. The molecule has 0 saturated carbocycles. The monoisotopic (exact) mass is 219 g/mol. The van der Waals surface area contributed by atoms with Crippen LogP contribution in [0.1, 0.15) is 13.3 Å². The zero-order valence-electron chi connectivity index (χ0n) is 7.02. The third-order valence-corrected chi connectivity index (χ3v) is 3.27. The molecule has 1 aliphatic rings. The second-order valence-electron chi connectivity index (χ2n) is 2.55. The average molecular weight is 219 g/mol. The van der Waals surface area contributed by atoms with Crippen molar-refractivity contribution >= 4 is 40.2 Å². The summed E-state index contributed by atoms with van der Waals surface area (Å²) in [6, 6.07) is 0. The topological polar surface area (TPSA) is 57.6 Å². The van der Waals surface area contributed by atoms with Gasteiger partial charge in [-0.15, -0.1) is 0 Å². The summed E-state index contributed by atoms with van der Waals surface area (Å²) in [4.78, 5) is 23.2. The van der Waals surface area contributed by atoms with E-state index in [1.165, 1.54) is 4.90 Å². The Morgan fingerprint density at radius 2 is 2.38 bits per heavy atom. The predicted octanol–water partition coefficient (Wildman–Crippen LogP) is 0.710. The number of nitrogens with zero attached hydrogens (tertiary/aromatic N) is 1. The molecule has 1 saturated heterocycles. The summed E-state index contributed by atoms with van der Waals surface area (Å²) < 4.78 is 0.485. The highest BCUT2D eigenvalue weighted by atomic mass is 32.2. The smallest absolute Gasteiger partial charge is 0.305 e. The number of amides is 1. The quantitative estimate of drug-likeness (QED) is 0.708. The van der Waals surface area contributed by atoms with Crippen LogP contribution in [-0.2, 0) is 9.59 Å². The number of hydrogen-bond donors (Lipinski definition) is 1. The lowest BCUT2D eigenvalue weighted by Crippen LogP contribution is -2.31. The Morgan fingerprint density at radius 3 is 2.77 bits per heavy atom. The summed E-state index contributed by atoms with van der Waals surface area (Å²) >= 11 is 6.08. The van der Waals surface area contributed by atoms with Gasteiger partial charge in [0.15, 0.2) is 0 Å². The highest BCUT2D eigenvalue weighted by molar-refractivity contribution is 8.24. The van der Waals surface area contributed by atoms with Crippen molar-refractivity contribution in [1.82, 2.24) is 4.90 Å². The molecule has 0 aromatic rings. The second-order valence-corrected chi connectivity index (χ2v) is 4.39. The molecule has 1 rings (SSSR count). The van der Waals surface area contributed by atoms with E-state index in [0.717, 1.165) is 11.8 Å². The van der Waals surface area contributed by atoms with E-state index >= 15 is 0 Å². The van der Waals surface area contributed by atoms with Crippen LogP contribution in [0.5, 0.6) is 0 Å². The zero-order valence-corrected chi connectivity index (χ0v) is 8.65. The molecular weight excluding hydrogens is 210 g/mol. The van der Waals surface area contributed by atoms with Crippen molar-refractivity contribution in [2.45, 2.75) is 18.6 Å². The number of rotatable bonds is 3. The van der Waals surface area contributed by atoms with Crippen LogP contribution in [0, 0.1) is 0 Å². The molecule has 0 aromatic heterocycles. The SMILES string of the molecule is CCN1C(=O)C(CC(=O)O)SC1=S. The minimum absolute atomic E-state index is 0.153. The average Bonchev–Trinajstić information content (AvgIpc) is 2.26. The number of hydrogen-bond acceptors (Lipinski definition) is 4. The molecule has 1 N–H and O–H groups in total. The molecule has 1 atom stereocenters. The molecule has 72 valence electrons. The van der Waals surface area contributed by atoms with Crippen molar-refractivity contribution in [2.24, 2.45) is 0 Å². The van der Waals surface area contributed by atoms with Crippen LogP contribution in [0.3, 0.4) is 0 Å². The largest absolute Gasteiger partial charge is 0.481 e. The fraction of sp³-hybridized carbons (Fsp3) is 0.571. The Hall–Kier alpha value is -0.620. The second kappa shape index (κ2) is 4.06. The van der Waals surface area contributed by atoms with E-state index in [-0.39, 0.29) is 12.3 Å². The Kier molecular flexibility index (Phi) is 3.27. The minimum Gasteiger partial charge on any atom is -0.481 e. The Bertz CT molecular complexity index is 266. The van der Waals surface area contributed by atoms with Gasteiger partial charge in [-0.25, -0.2) is 0 Å². The number of carboxylic acids is 1. The number of thiocarbonyl (C=S) groups is 1. The molecular formula is C7H9NO3S2. The van der Waals surface area contributed by atoms with Crippen LogP contribution in [-0.4, -0.2) is 38.0 Å². The van der Waals surface area contributed by atoms with Gasteiger partial charge in [0, 0.05) is 6.54 Å². The first kappa shape index (κ1) is 10.5. The van der Waals surface area contributed by atoms with Crippen molar-refractivity contribution in [3.8, 4) is 0 Å². The van der Waals surface area contributed by atoms with E-state index in [9.17, 15) is 9.59 Å². The molecule has 6 heteroatoms. The van der Waals surface area contributed by atoms with Gasteiger partial charge in [0.05, 0.1) is 6.42 Å². The van der Waals surface area contributed by atoms with E-state index in [0.29, 0.717) is 10.9 Å². The third-order valence-electron chi connectivity index (χ3n) is 1.68. The molecule has 0 radical (unpaired) electrons. The minimum atomic E-state index is -0.966. The van der Waals surface area contributed by atoms with Gasteiger partial charge in [0.2, 0.25) is 5.91 Å². The summed E-state index contributed by atoms with van der Waals surface area (Å²) in [6.45, 7) is 2.33. The van der Waals surface area contributed by atoms with Gasteiger partial charge in [0.1, 0.15) is 9.57 Å². The molecule has 13 heavy (non-hydrogen) atoms. The van der Waals surface area contributed by atoms with Gasteiger partial charge in [-0.1, -0.05) is 24.0 Å². The van der Waals surface area contributed by atoms with E-state index in [4.69, 9.17) is 17.3 Å². The van der Waals surface area contributed by atoms with Gasteiger partial charge >= 0.3 is 5.97 Å². The standard InChI is InChI=1S/C7H9NO3S2/c1-2-8-6(11)4(3-5(9)10)13-7(8)12/h4H,2-3H2,1H3,(H,9,10). The van der Waals surface area contributed by atoms with E-state index in [1.54, 1.807) is 0 Å². The number of thioether (sulfide) groups is 1. The van der Waals surface area contributed by atoms with Crippen LogP contribution in [0.15, 0.2) is 0 Å². The molecule has 1 fully saturated rings. The first-order chi connectivity index (χ1) is 6.06. The van der Waals surface area contributed by atoms with Gasteiger partial charge in [-0.05, 0) is 6.92 Å². The lowest BCUT2D eigenvalue weighted by molar-refractivity contribution is -0.139. The van der Waals surface area contributed by atoms with E-state index in [2.05, 4.69) is 0 Å². The molecule has 1 heterocycles. The Morgan fingerprint density at radius 1 is 1.77 bits per heavy atom. The molecule has 4 nitrogen and oxygen atoms in total. The van der Waals surface area contributed by atoms with E-state index < -0.39 is 11.2 Å². The molecule has 1 amide bonds. The third kappa shape index (κ3) is 2.19. The number of carbonyl (C=O) groups excluding carboxylic acids is 1. The first-order valence-electron chi connectivity index (χ1n) is 3.80. The summed E-state index contributed by atoms with van der Waals surface area (Å²) in [5.41, 5.74) is 0. The number of carboxylic acid groups (broad SMARTS) is 1. The number of carbonyl (C=O) groups is 2. The lowest BCUT2D eigenvalue weighted by atomic mass is 10.3. The number of aliphatic carboxylic acids is 1. The summed E-state index contributed by atoms with van der Waals surface area (Å²) in [7, 11) is 0. The van der Waals surface area contributed by atoms with Crippen LogP contribution in [0.25, 0.3) is 0 Å². The lowest BCUT2D eigenvalue weighted by Gasteiger charge is -2.11. The fourth-order valence-corrected chi connectivity index (χ4v) is 2.68. The van der Waals surface area contributed by atoms with Crippen molar-refractivity contribution < 1.29 is 14.7 Å². The normalized spacial score (nSPS) is 22.5. The maximum atomic E-state index is 11.4. The molecule has 0 spiro atoms. The van der Waals surface area contributed by atoms with Crippen molar-refractivity contribution in [3.63, 3.8) is 0 Å². The molecule has 0 aromatic carbocycles. The van der Waals surface area contributed by atoms with Gasteiger partial charge in [-0.2, -0.15) is 0 Å². The summed E-state index contributed by atoms with van der Waals surface area (Å²) in [5.74, 6) is -1.15. The maximum Gasteiger partial charge on any atom is 0.305 e. The highest BCUT2D eigenvalue weighted by Crippen LogP contribution is 2.28. The highest BCUT2D eigenvalue weighted by Gasteiger charge is 2.36. The van der Waals surface area contributed by atoms with Crippen molar-refractivity contribution in [2.75, 3.05) is 6.54 Å². The predicted molar refractivity (Wildman–Crippen MR) is 53.6 cm³/mol. The fourth-order valence-electron chi connectivity index (χ4n) is 1.07. The summed E-state index contributed by atoms with van der Waals surface area (Å²) in [5, 5.41) is 7.99. The van der Waals surface area contributed by atoms with Crippen LogP contribution in [0.2, 0.25) is 0 Å². The maximum absolute atomic E-state index is 11.4. The Balaban J connectivity index is 2.67. The molecule has 0 aliphatic carbocycles. The van der Waals surface area contributed by atoms with Gasteiger partial charge < -0.3 is 5.11 Å². The summed E-state index contributed by atoms with van der Waals surface area (Å²) in [6.07, 6.45) is -0.153. The van der Waals surface area contributed by atoms with Crippen molar-refractivity contribution in [3.05, 3.63) is 0 Å². The van der Waals surface area contributed by atoms with Crippen LogP contribution in [0.4, 0.5) is 0 Å². The van der Waals surface area contributed by atoms with Gasteiger partial charge in [-0.3, -0.25) is 14.5 Å². The van der Waals surface area contributed by atoms with Gasteiger partial charge in [0.25, 0.3) is 0 Å². The van der Waals surface area contributed by atoms with Crippen molar-refractivity contribution in [1.29, 1.82) is 0 Å². The van der Waals surface area contributed by atoms with Crippen LogP contribution < -0.4 is 0 Å². The van der Waals surface area contributed by atoms with E-state index in [1.807, 2.05) is 6.92 Å².